The third-order valence-electron chi connectivity index (χ3n) is 30.2. The molecule has 0 nitrogen and oxygen atoms in total. The van der Waals surface area contributed by atoms with Crippen LogP contribution in [0.3, 0.4) is 0 Å². The molecule has 0 aliphatic heterocycles. The van der Waals surface area contributed by atoms with E-state index in [1.165, 1.54) is 264 Å². The average molecular weight is 1750 g/mol. The van der Waals surface area contributed by atoms with Crippen LogP contribution >= 0.6 is 0 Å². The molecule has 3 aliphatic carbocycles. The van der Waals surface area contributed by atoms with Crippen LogP contribution in [-0.2, 0) is 10.8 Å². The fourth-order valence-electron chi connectivity index (χ4n) is 24.7. The van der Waals surface area contributed by atoms with Gasteiger partial charge in [0.25, 0.3) is 0 Å². The summed E-state index contributed by atoms with van der Waals surface area (Å²) in [6.07, 6.45) is 0. The van der Waals surface area contributed by atoms with E-state index < -0.39 is 10.8 Å². The molecule has 0 heteroatoms. The maximum Gasteiger partial charge on any atom is 0.0720 e. The van der Waals surface area contributed by atoms with Gasteiger partial charge in [-0.2, -0.15) is 0 Å². The van der Waals surface area contributed by atoms with E-state index in [1.54, 1.807) is 0 Å². The molecule has 0 saturated carbocycles. The highest BCUT2D eigenvalue weighted by molar-refractivity contribution is 6.31. The van der Waals surface area contributed by atoms with E-state index in [9.17, 15) is 0 Å². The average Bonchev–Trinajstić information content (AvgIpc) is 1.47. The molecule has 0 unspecified atom stereocenters. The maximum absolute atomic E-state index is 2.59. The lowest BCUT2D eigenvalue weighted by Gasteiger charge is -2.49. The van der Waals surface area contributed by atoms with Gasteiger partial charge in [0.2, 0.25) is 0 Å². The standard InChI is InChI=1S/C72H44.C40H26.C26H18/c1-3-19-47-41-51(35-33-45(47)17-1)69-57-25-5-6-26-58(57)70(52-36-34-46-18-2-4-20-48(46)42-52)60-43-49(37-39-59(60)69)50-38-40-67-68(44-50)72(63-29-13-9-23-55(63)56-24-10-14-30-64(56)72)66-32-16-15-31-65(66)71(67)61-27-11-7-21-53(61)54-22-8-12-28-62(54)71;1-3-15-27(16-4-1)37-29-19-7-11-23-33(29)39(34-24-12-8-20-30(34)37)40-35-25-13-9-21-31(35)38(28-17-5-2-6-18-28)32-22-10-14-26-36(32)40;1-3-11-19(12-4-1)25-21-15-7-9-17-23(21)26(20-13-5-2-6-14-20)24-18-10-8-16-22(24)25/h1-44H;1-26H;1-18H. The Balaban J connectivity index is 0.000000121. The van der Waals surface area contributed by atoms with Crippen molar-refractivity contribution in [3.05, 3.63) is 578 Å². The van der Waals surface area contributed by atoms with Crippen LogP contribution in [0.15, 0.2) is 534 Å². The van der Waals surface area contributed by atoms with Gasteiger partial charge in [-0.15, -0.1) is 0 Å². The first-order chi connectivity index (χ1) is 68.5. The summed E-state index contributed by atoms with van der Waals surface area (Å²) in [6, 6.07) is 198. The van der Waals surface area contributed by atoms with Crippen molar-refractivity contribution >= 4 is 108 Å². The lowest BCUT2D eigenvalue weighted by atomic mass is 9.52. The van der Waals surface area contributed by atoms with Crippen molar-refractivity contribution in [2.75, 3.05) is 0 Å². The van der Waals surface area contributed by atoms with Gasteiger partial charge in [-0.05, 0) is 288 Å². The number of hydrogen-bond acceptors (Lipinski definition) is 0. The summed E-state index contributed by atoms with van der Waals surface area (Å²) in [4.78, 5) is 0. The highest BCUT2D eigenvalue weighted by Crippen LogP contribution is 2.68. The van der Waals surface area contributed by atoms with Gasteiger partial charge in [-0.3, -0.25) is 0 Å². The molecule has 2 spiro atoms. The second-order valence-electron chi connectivity index (χ2n) is 37.2. The Hall–Kier alpha value is -17.7. The molecule has 26 aromatic rings. The largest absolute Gasteiger partial charge is 0.0720 e. The van der Waals surface area contributed by atoms with Crippen LogP contribution in [0.4, 0.5) is 0 Å². The molecule has 640 valence electrons. The van der Waals surface area contributed by atoms with Crippen molar-refractivity contribution in [1.82, 2.24) is 0 Å². The molecule has 0 atom stereocenters. The minimum atomic E-state index is -0.570. The molecule has 0 amide bonds. The highest BCUT2D eigenvalue weighted by Gasteiger charge is 2.59. The van der Waals surface area contributed by atoms with Crippen molar-refractivity contribution < 1.29 is 0 Å². The van der Waals surface area contributed by atoms with Gasteiger partial charge in [0.1, 0.15) is 0 Å². The summed E-state index contributed by atoms with van der Waals surface area (Å²) in [5.74, 6) is 0. The smallest absolute Gasteiger partial charge is 0.0622 e. The van der Waals surface area contributed by atoms with Crippen LogP contribution in [-0.4, -0.2) is 0 Å². The molecule has 0 fully saturated rings. The summed E-state index contributed by atoms with van der Waals surface area (Å²) in [6.45, 7) is 0. The predicted molar refractivity (Wildman–Crippen MR) is 586 cm³/mol. The second-order valence-corrected chi connectivity index (χ2v) is 37.2. The van der Waals surface area contributed by atoms with E-state index in [0.29, 0.717) is 0 Å². The Kier molecular flexibility index (Phi) is 18.9. The van der Waals surface area contributed by atoms with Gasteiger partial charge in [-0.1, -0.05) is 510 Å². The number of rotatable bonds is 8. The zero-order valence-electron chi connectivity index (χ0n) is 75.8. The number of hydrogen-bond donors (Lipinski definition) is 0. The Morgan fingerprint density at radius 1 is 0.0942 bits per heavy atom. The highest BCUT2D eigenvalue weighted by atomic mass is 14.6. The molecule has 0 bridgehead atoms. The van der Waals surface area contributed by atoms with Crippen LogP contribution < -0.4 is 0 Å². The summed E-state index contributed by atoms with van der Waals surface area (Å²) < 4.78 is 0. The van der Waals surface area contributed by atoms with Crippen LogP contribution in [0, 0.1) is 0 Å². The van der Waals surface area contributed by atoms with Crippen molar-refractivity contribution in [3.63, 3.8) is 0 Å². The second kappa shape index (κ2) is 32.6. The summed E-state index contributed by atoms with van der Waals surface area (Å²) in [5.41, 5.74) is 35.1. The first-order valence-electron chi connectivity index (χ1n) is 48.2. The molecular formula is C138H88. The minimum absolute atomic E-state index is 0.532. The summed E-state index contributed by atoms with van der Waals surface area (Å²) >= 11 is 0. The topological polar surface area (TPSA) is 0 Å². The maximum atomic E-state index is 2.59. The van der Waals surface area contributed by atoms with Crippen molar-refractivity contribution in [1.29, 1.82) is 0 Å². The lowest BCUT2D eigenvalue weighted by Crippen LogP contribution is -2.43. The molecule has 138 heavy (non-hydrogen) atoms. The zero-order valence-corrected chi connectivity index (χ0v) is 75.8. The first-order valence-corrected chi connectivity index (χ1v) is 48.2. The van der Waals surface area contributed by atoms with E-state index in [1.807, 2.05) is 0 Å². The van der Waals surface area contributed by atoms with E-state index in [-0.39, 0.29) is 0 Å². The van der Waals surface area contributed by atoms with Gasteiger partial charge < -0.3 is 0 Å². The van der Waals surface area contributed by atoms with Gasteiger partial charge in [0.15, 0.2) is 0 Å². The van der Waals surface area contributed by atoms with Gasteiger partial charge in [0.05, 0.1) is 10.8 Å². The lowest BCUT2D eigenvalue weighted by molar-refractivity contribution is 0.633. The zero-order chi connectivity index (χ0) is 90.9. The number of benzene rings is 26. The minimum Gasteiger partial charge on any atom is -0.0622 e. The quantitative estimate of drug-likeness (QED) is 0.133. The molecule has 0 heterocycles. The normalized spacial score (nSPS) is 12.8. The summed E-state index contributed by atoms with van der Waals surface area (Å²) in [7, 11) is 0. The molecule has 0 aromatic heterocycles. The Morgan fingerprint density at radius 3 is 0.609 bits per heavy atom. The molecule has 0 saturated heterocycles. The van der Waals surface area contributed by atoms with Gasteiger partial charge in [-0.25, -0.2) is 0 Å². The van der Waals surface area contributed by atoms with Gasteiger partial charge in [0, 0.05) is 0 Å². The summed E-state index contributed by atoms with van der Waals surface area (Å²) in [5, 5.41) is 25.4. The number of fused-ring (bicyclic) bond motifs is 26. The van der Waals surface area contributed by atoms with E-state index in [4.69, 9.17) is 0 Å². The molecule has 0 radical (unpaired) electrons. The Bertz CT molecular complexity index is 8930. The van der Waals surface area contributed by atoms with Crippen molar-refractivity contribution in [2.45, 2.75) is 10.8 Å². The predicted octanol–water partition coefficient (Wildman–Crippen LogP) is 37.0. The van der Waals surface area contributed by atoms with Crippen molar-refractivity contribution in [3.8, 4) is 111 Å². The molecule has 3 aliphatic rings. The monoisotopic (exact) mass is 1740 g/mol. The fraction of sp³-hybridized carbons (Fsp3) is 0.0145. The SMILES string of the molecule is c1ccc(-c2c3ccccc3c(-c3c4ccccc4c(-c4ccccc4)c4ccccc34)c3ccccc23)cc1.c1ccc(-c2c3ccccc3c(-c3ccccc3)c3ccccc23)cc1.c1ccc2c(c1)-c1ccccc1C21c2ccccc2C2(c3ccccc3-c3ccccc32)c2cc(-c3ccc4c(-c5ccc6ccccc6c5)c5ccccc5c(-c5ccc6ccccc6c5)c4c3)ccc21. The third-order valence-corrected chi connectivity index (χ3v) is 30.2. The van der Waals surface area contributed by atoms with Crippen LogP contribution in [0.1, 0.15) is 44.5 Å². The Morgan fingerprint density at radius 2 is 0.297 bits per heavy atom. The first kappa shape index (κ1) is 80.0. The van der Waals surface area contributed by atoms with E-state index in [2.05, 4.69) is 534 Å². The van der Waals surface area contributed by atoms with Crippen LogP contribution in [0.2, 0.25) is 0 Å². The molecule has 29 rings (SSSR count). The van der Waals surface area contributed by atoms with Crippen molar-refractivity contribution in [2.24, 2.45) is 0 Å². The van der Waals surface area contributed by atoms with Crippen LogP contribution in [0.5, 0.6) is 0 Å². The fourth-order valence-corrected chi connectivity index (χ4v) is 24.7. The molecule has 0 N–H and O–H groups in total. The van der Waals surface area contributed by atoms with Gasteiger partial charge >= 0.3 is 0 Å². The van der Waals surface area contributed by atoms with E-state index in [0.717, 1.165) is 0 Å². The third kappa shape index (κ3) is 12.3. The molecule has 26 aromatic carbocycles. The Labute approximate surface area is 802 Å². The van der Waals surface area contributed by atoms with E-state index >= 15 is 0 Å². The van der Waals surface area contributed by atoms with Crippen LogP contribution in [0.25, 0.3) is 219 Å². The molecular weight excluding hydrogens is 1660 g/mol.